The van der Waals surface area contributed by atoms with Crippen LogP contribution in [0, 0.1) is 0 Å². The van der Waals surface area contributed by atoms with E-state index in [1.807, 2.05) is 0 Å². The van der Waals surface area contributed by atoms with Crippen LogP contribution < -0.4 is 0 Å². The average molecular weight is 181 g/mol. The molecule has 4 nitrogen and oxygen atoms in total. The van der Waals surface area contributed by atoms with Crippen molar-refractivity contribution in [3.8, 4) is 0 Å². The molecule has 1 heterocycles. The van der Waals surface area contributed by atoms with E-state index in [-0.39, 0.29) is 6.42 Å². The molecule has 13 heavy (non-hydrogen) atoms. The first kappa shape index (κ1) is 8.29. The maximum absolute atomic E-state index is 10.3. The summed E-state index contributed by atoms with van der Waals surface area (Å²) in [5.41, 5.74) is 0.919. The molecule has 1 fully saturated rings. The summed E-state index contributed by atoms with van der Waals surface area (Å²) in [5.74, 6) is -0.0808. The minimum absolute atomic E-state index is 0.118. The third kappa shape index (κ3) is 1.71. The molecule has 0 radical (unpaired) electrons. The molecule has 1 aromatic rings. The highest BCUT2D eigenvalue weighted by atomic mass is 16.4. The van der Waals surface area contributed by atoms with Gasteiger partial charge in [-0.1, -0.05) is 6.42 Å². The Morgan fingerprint density at radius 1 is 1.69 bits per heavy atom. The molecule has 1 saturated carbocycles. The Hall–Kier alpha value is -1.32. The number of carboxylic acids is 1. The summed E-state index contributed by atoms with van der Waals surface area (Å²) in [5, 5.41) is 8.49. The van der Waals surface area contributed by atoms with E-state index in [0.29, 0.717) is 11.8 Å². The van der Waals surface area contributed by atoms with Gasteiger partial charge in [0.15, 0.2) is 0 Å². The second kappa shape index (κ2) is 3.20. The van der Waals surface area contributed by atoms with Gasteiger partial charge in [-0.25, -0.2) is 4.98 Å². The van der Waals surface area contributed by atoms with E-state index in [0.717, 1.165) is 18.5 Å². The van der Waals surface area contributed by atoms with Gasteiger partial charge >= 0.3 is 5.97 Å². The van der Waals surface area contributed by atoms with Crippen molar-refractivity contribution in [1.82, 2.24) is 4.98 Å². The van der Waals surface area contributed by atoms with Crippen molar-refractivity contribution in [2.24, 2.45) is 0 Å². The van der Waals surface area contributed by atoms with Crippen LogP contribution in [0.4, 0.5) is 0 Å². The van der Waals surface area contributed by atoms with Crippen molar-refractivity contribution in [3.63, 3.8) is 0 Å². The van der Waals surface area contributed by atoms with E-state index in [1.54, 1.807) is 6.26 Å². The van der Waals surface area contributed by atoms with Crippen LogP contribution in [0.5, 0.6) is 0 Å². The lowest BCUT2D eigenvalue weighted by atomic mass is 9.83. The predicted octanol–water partition coefficient (Wildman–Crippen LogP) is 1.57. The largest absolute Gasteiger partial charge is 0.481 e. The Morgan fingerprint density at radius 2 is 2.46 bits per heavy atom. The molecule has 1 N–H and O–H groups in total. The number of nitrogens with zero attached hydrogens (tertiary/aromatic N) is 1. The third-order valence-corrected chi connectivity index (χ3v) is 2.40. The minimum Gasteiger partial charge on any atom is -0.481 e. The fourth-order valence-corrected chi connectivity index (χ4v) is 1.43. The Morgan fingerprint density at radius 3 is 3.00 bits per heavy atom. The molecule has 0 unspecified atom stereocenters. The van der Waals surface area contributed by atoms with Crippen molar-refractivity contribution in [3.05, 3.63) is 17.8 Å². The van der Waals surface area contributed by atoms with Crippen LogP contribution in [0.15, 0.2) is 10.7 Å². The summed E-state index contributed by atoms with van der Waals surface area (Å²) in [6.07, 6.45) is 5.01. The molecule has 4 heteroatoms. The molecule has 0 atom stereocenters. The van der Waals surface area contributed by atoms with E-state index >= 15 is 0 Å². The van der Waals surface area contributed by atoms with Gasteiger partial charge in [-0.2, -0.15) is 0 Å². The lowest BCUT2D eigenvalue weighted by molar-refractivity contribution is -0.136. The topological polar surface area (TPSA) is 63.3 Å². The quantitative estimate of drug-likeness (QED) is 0.768. The molecule has 0 amide bonds. The minimum atomic E-state index is -0.901. The van der Waals surface area contributed by atoms with Crippen LogP contribution >= 0.6 is 0 Å². The van der Waals surface area contributed by atoms with Crippen LogP contribution in [0.1, 0.15) is 36.8 Å². The third-order valence-electron chi connectivity index (χ3n) is 2.40. The number of oxazole rings is 1. The fraction of sp³-hybridized carbons (Fsp3) is 0.556. The standard InChI is InChI=1S/C9H11NO3/c11-9(12)4-8-10-7(5-13-8)6-2-1-3-6/h5-6H,1-4H2,(H,11,12). The summed E-state index contributed by atoms with van der Waals surface area (Å²) in [4.78, 5) is 14.5. The molecule has 0 bridgehead atoms. The summed E-state index contributed by atoms with van der Waals surface area (Å²) in [6.45, 7) is 0. The highest BCUT2D eigenvalue weighted by molar-refractivity contribution is 5.68. The molecule has 0 aromatic carbocycles. The van der Waals surface area contributed by atoms with Crippen LogP contribution in [0.2, 0.25) is 0 Å². The van der Waals surface area contributed by atoms with Gasteiger partial charge in [-0.3, -0.25) is 4.79 Å². The molecular formula is C9H11NO3. The molecule has 0 spiro atoms. The highest BCUT2D eigenvalue weighted by Crippen LogP contribution is 2.35. The monoisotopic (exact) mass is 181 g/mol. The lowest BCUT2D eigenvalue weighted by Crippen LogP contribution is -2.09. The molecule has 1 aliphatic carbocycles. The first-order valence-electron chi connectivity index (χ1n) is 4.42. The SMILES string of the molecule is O=C(O)Cc1nc(C2CCC2)co1. The smallest absolute Gasteiger partial charge is 0.312 e. The second-order valence-corrected chi connectivity index (χ2v) is 3.36. The number of aromatic nitrogens is 1. The summed E-state index contributed by atoms with van der Waals surface area (Å²) in [6, 6.07) is 0. The fourth-order valence-electron chi connectivity index (χ4n) is 1.43. The van der Waals surface area contributed by atoms with E-state index in [9.17, 15) is 4.79 Å². The maximum Gasteiger partial charge on any atom is 0.312 e. The molecular weight excluding hydrogens is 170 g/mol. The number of aliphatic carboxylic acids is 1. The van der Waals surface area contributed by atoms with Crippen molar-refractivity contribution >= 4 is 5.97 Å². The zero-order chi connectivity index (χ0) is 9.26. The van der Waals surface area contributed by atoms with Gasteiger partial charge < -0.3 is 9.52 Å². The molecule has 1 aliphatic rings. The van der Waals surface area contributed by atoms with Gasteiger partial charge in [-0.05, 0) is 12.8 Å². The Bertz CT molecular complexity index is 314. The summed E-state index contributed by atoms with van der Waals surface area (Å²) < 4.78 is 5.04. The lowest BCUT2D eigenvalue weighted by Gasteiger charge is -2.22. The first-order valence-corrected chi connectivity index (χ1v) is 4.42. The van der Waals surface area contributed by atoms with E-state index in [2.05, 4.69) is 4.98 Å². The van der Waals surface area contributed by atoms with E-state index in [4.69, 9.17) is 9.52 Å². The van der Waals surface area contributed by atoms with Gasteiger partial charge in [0.1, 0.15) is 12.7 Å². The Labute approximate surface area is 75.6 Å². The van der Waals surface area contributed by atoms with Crippen molar-refractivity contribution in [2.45, 2.75) is 31.6 Å². The van der Waals surface area contributed by atoms with Crippen LogP contribution in [-0.2, 0) is 11.2 Å². The Balaban J connectivity index is 2.04. The summed E-state index contributed by atoms with van der Waals surface area (Å²) >= 11 is 0. The van der Waals surface area contributed by atoms with Gasteiger partial charge in [0.25, 0.3) is 0 Å². The van der Waals surface area contributed by atoms with Crippen LogP contribution in [0.3, 0.4) is 0 Å². The number of carbonyl (C=O) groups is 1. The van der Waals surface area contributed by atoms with Gasteiger partial charge in [-0.15, -0.1) is 0 Å². The zero-order valence-electron chi connectivity index (χ0n) is 7.19. The number of hydrogen-bond acceptors (Lipinski definition) is 3. The van der Waals surface area contributed by atoms with Crippen molar-refractivity contribution in [1.29, 1.82) is 0 Å². The van der Waals surface area contributed by atoms with Crippen molar-refractivity contribution in [2.75, 3.05) is 0 Å². The normalized spacial score (nSPS) is 16.9. The van der Waals surface area contributed by atoms with Gasteiger partial charge in [0, 0.05) is 5.92 Å². The number of carboxylic acid groups (broad SMARTS) is 1. The predicted molar refractivity (Wildman–Crippen MR) is 44.4 cm³/mol. The molecule has 1 aromatic heterocycles. The Kier molecular flexibility index (Phi) is 2.04. The van der Waals surface area contributed by atoms with Crippen LogP contribution in [-0.4, -0.2) is 16.1 Å². The number of rotatable bonds is 3. The number of hydrogen-bond donors (Lipinski definition) is 1. The van der Waals surface area contributed by atoms with Crippen LogP contribution in [0.25, 0.3) is 0 Å². The van der Waals surface area contributed by atoms with E-state index < -0.39 is 5.97 Å². The van der Waals surface area contributed by atoms with Gasteiger partial charge in [0.2, 0.25) is 5.89 Å². The van der Waals surface area contributed by atoms with Gasteiger partial charge in [0.05, 0.1) is 5.69 Å². The average Bonchev–Trinajstić information content (AvgIpc) is 2.31. The first-order chi connectivity index (χ1) is 6.25. The van der Waals surface area contributed by atoms with E-state index in [1.165, 1.54) is 6.42 Å². The second-order valence-electron chi connectivity index (χ2n) is 3.36. The molecule has 0 aliphatic heterocycles. The maximum atomic E-state index is 10.3. The molecule has 70 valence electrons. The molecule has 2 rings (SSSR count). The highest BCUT2D eigenvalue weighted by Gasteiger charge is 2.23. The summed E-state index contributed by atoms with van der Waals surface area (Å²) in [7, 11) is 0. The molecule has 0 saturated heterocycles. The zero-order valence-corrected chi connectivity index (χ0v) is 7.19. The van der Waals surface area contributed by atoms with Crippen molar-refractivity contribution < 1.29 is 14.3 Å².